The largest absolute Gasteiger partial charge is 0.338 e. The second-order valence-electron chi connectivity index (χ2n) is 6.21. The zero-order chi connectivity index (χ0) is 16.2. The predicted octanol–water partition coefficient (Wildman–Crippen LogP) is 2.17. The lowest BCUT2D eigenvalue weighted by Gasteiger charge is -2.32. The van der Waals surface area contributed by atoms with Gasteiger partial charge in [0.25, 0.3) is 11.5 Å². The molecule has 0 aromatic carbocycles. The first-order valence-electron chi connectivity index (χ1n) is 8.01. The summed E-state index contributed by atoms with van der Waals surface area (Å²) in [6.07, 6.45) is 6.64. The molecule has 1 saturated heterocycles. The highest BCUT2D eigenvalue weighted by atomic mass is 16.2. The van der Waals surface area contributed by atoms with E-state index in [0.717, 1.165) is 31.5 Å². The number of hydrogen-bond acceptors (Lipinski definition) is 3. The topological polar surface area (TPSA) is 66.1 Å². The Morgan fingerprint density at radius 3 is 3.00 bits per heavy atom. The Labute approximate surface area is 135 Å². The standard InChI is InChI=1S/C18H21N3O2/c1-13-6-7-16(17(22)20-13)18(23)21-9-3-5-15(12-21)10-14-4-2-8-19-11-14/h2,4,6-8,11,15H,3,5,9-10,12H2,1H3,(H,20,22)/t15-/m0/s1. The summed E-state index contributed by atoms with van der Waals surface area (Å²) in [6.45, 7) is 3.22. The van der Waals surface area contributed by atoms with Gasteiger partial charge in [-0.25, -0.2) is 0 Å². The van der Waals surface area contributed by atoms with Gasteiger partial charge < -0.3 is 9.88 Å². The van der Waals surface area contributed by atoms with E-state index in [4.69, 9.17) is 0 Å². The molecule has 0 radical (unpaired) electrons. The lowest BCUT2D eigenvalue weighted by Crippen LogP contribution is -2.42. The Hall–Kier alpha value is -2.43. The molecule has 2 aromatic heterocycles. The van der Waals surface area contributed by atoms with Crippen LogP contribution in [0.1, 0.15) is 34.5 Å². The van der Waals surface area contributed by atoms with Gasteiger partial charge in [0.1, 0.15) is 5.56 Å². The van der Waals surface area contributed by atoms with Crippen molar-refractivity contribution in [3.63, 3.8) is 0 Å². The number of aryl methyl sites for hydroxylation is 1. The molecule has 1 fully saturated rings. The van der Waals surface area contributed by atoms with Gasteiger partial charge in [-0.05, 0) is 55.9 Å². The molecule has 1 aliphatic rings. The fraction of sp³-hybridized carbons (Fsp3) is 0.389. The molecule has 0 aliphatic carbocycles. The summed E-state index contributed by atoms with van der Waals surface area (Å²) in [6, 6.07) is 7.40. The second kappa shape index (κ2) is 6.77. The smallest absolute Gasteiger partial charge is 0.260 e. The van der Waals surface area contributed by atoms with Crippen LogP contribution in [0.15, 0.2) is 41.5 Å². The van der Waals surface area contributed by atoms with E-state index in [1.807, 2.05) is 17.2 Å². The zero-order valence-electron chi connectivity index (χ0n) is 13.3. The molecular weight excluding hydrogens is 290 g/mol. The number of pyridine rings is 2. The molecule has 1 aliphatic heterocycles. The Morgan fingerprint density at radius 2 is 2.26 bits per heavy atom. The van der Waals surface area contributed by atoms with Crippen molar-refractivity contribution in [3.8, 4) is 0 Å². The summed E-state index contributed by atoms with van der Waals surface area (Å²) in [4.78, 5) is 33.3. The van der Waals surface area contributed by atoms with Crippen molar-refractivity contribution in [2.24, 2.45) is 5.92 Å². The van der Waals surface area contributed by atoms with Crippen molar-refractivity contribution in [3.05, 3.63) is 63.8 Å². The van der Waals surface area contributed by atoms with Crippen LogP contribution in [0.5, 0.6) is 0 Å². The molecule has 1 amide bonds. The van der Waals surface area contributed by atoms with Crippen LogP contribution in [-0.4, -0.2) is 33.9 Å². The molecule has 5 nitrogen and oxygen atoms in total. The van der Waals surface area contributed by atoms with Crippen molar-refractivity contribution in [1.29, 1.82) is 0 Å². The van der Waals surface area contributed by atoms with Crippen LogP contribution < -0.4 is 5.56 Å². The van der Waals surface area contributed by atoms with Gasteiger partial charge in [-0.1, -0.05) is 6.07 Å². The summed E-state index contributed by atoms with van der Waals surface area (Å²) >= 11 is 0. The molecule has 1 atom stereocenters. The number of piperidine rings is 1. The second-order valence-corrected chi connectivity index (χ2v) is 6.21. The van der Waals surface area contributed by atoms with Gasteiger partial charge in [-0.3, -0.25) is 14.6 Å². The van der Waals surface area contributed by atoms with E-state index in [2.05, 4.69) is 16.0 Å². The van der Waals surface area contributed by atoms with E-state index in [0.29, 0.717) is 12.5 Å². The van der Waals surface area contributed by atoms with Gasteiger partial charge >= 0.3 is 0 Å². The zero-order valence-corrected chi connectivity index (χ0v) is 13.3. The Bertz CT molecular complexity index is 739. The van der Waals surface area contributed by atoms with Crippen molar-refractivity contribution in [2.45, 2.75) is 26.2 Å². The fourth-order valence-corrected chi connectivity index (χ4v) is 3.18. The molecular formula is C18H21N3O2. The molecule has 0 unspecified atom stereocenters. The van der Waals surface area contributed by atoms with Crippen LogP contribution in [0.2, 0.25) is 0 Å². The highest BCUT2D eigenvalue weighted by molar-refractivity contribution is 5.93. The first kappa shape index (κ1) is 15.5. The number of hydrogen-bond donors (Lipinski definition) is 1. The van der Waals surface area contributed by atoms with E-state index in [1.54, 1.807) is 25.3 Å². The van der Waals surface area contributed by atoms with Crippen LogP contribution in [-0.2, 0) is 6.42 Å². The minimum atomic E-state index is -0.301. The molecule has 120 valence electrons. The minimum absolute atomic E-state index is 0.165. The normalized spacial score (nSPS) is 18.0. The number of aromatic amines is 1. The molecule has 3 rings (SSSR count). The molecule has 0 spiro atoms. The van der Waals surface area contributed by atoms with Crippen LogP contribution in [0.25, 0.3) is 0 Å². The molecule has 2 aromatic rings. The highest BCUT2D eigenvalue weighted by Crippen LogP contribution is 2.21. The summed E-state index contributed by atoms with van der Waals surface area (Å²) in [5, 5.41) is 0. The third-order valence-electron chi connectivity index (χ3n) is 4.34. The highest BCUT2D eigenvalue weighted by Gasteiger charge is 2.26. The molecule has 23 heavy (non-hydrogen) atoms. The number of amides is 1. The number of H-pyrrole nitrogens is 1. The Balaban J connectivity index is 1.70. The van der Waals surface area contributed by atoms with Gasteiger partial charge in [0.05, 0.1) is 0 Å². The first-order valence-corrected chi connectivity index (χ1v) is 8.01. The van der Waals surface area contributed by atoms with E-state index in [1.165, 1.54) is 5.56 Å². The fourth-order valence-electron chi connectivity index (χ4n) is 3.18. The average molecular weight is 311 g/mol. The summed E-state index contributed by atoms with van der Waals surface area (Å²) in [5.74, 6) is 0.253. The van der Waals surface area contributed by atoms with Gasteiger partial charge in [0, 0.05) is 31.2 Å². The molecule has 0 bridgehead atoms. The van der Waals surface area contributed by atoms with Crippen LogP contribution in [0, 0.1) is 12.8 Å². The minimum Gasteiger partial charge on any atom is -0.338 e. The lowest BCUT2D eigenvalue weighted by atomic mass is 9.91. The maximum atomic E-state index is 12.6. The number of nitrogens with zero attached hydrogens (tertiary/aromatic N) is 2. The van der Waals surface area contributed by atoms with Gasteiger partial charge in [-0.15, -0.1) is 0 Å². The molecule has 3 heterocycles. The number of carbonyl (C=O) groups is 1. The third-order valence-corrected chi connectivity index (χ3v) is 4.34. The van der Waals surface area contributed by atoms with Crippen LogP contribution in [0.4, 0.5) is 0 Å². The number of rotatable bonds is 3. The Morgan fingerprint density at radius 1 is 1.39 bits per heavy atom. The molecule has 5 heteroatoms. The maximum Gasteiger partial charge on any atom is 0.260 e. The lowest BCUT2D eigenvalue weighted by molar-refractivity contribution is 0.0671. The molecule has 1 N–H and O–H groups in total. The van der Waals surface area contributed by atoms with Gasteiger partial charge in [0.15, 0.2) is 0 Å². The van der Waals surface area contributed by atoms with Crippen LogP contribution in [0.3, 0.4) is 0 Å². The van der Waals surface area contributed by atoms with E-state index in [9.17, 15) is 9.59 Å². The van der Waals surface area contributed by atoms with Gasteiger partial charge in [-0.2, -0.15) is 0 Å². The van der Waals surface area contributed by atoms with Crippen molar-refractivity contribution >= 4 is 5.91 Å². The number of likely N-dealkylation sites (tertiary alicyclic amines) is 1. The number of carbonyl (C=O) groups excluding carboxylic acids is 1. The Kier molecular flexibility index (Phi) is 4.55. The monoisotopic (exact) mass is 311 g/mol. The summed E-state index contributed by atoms with van der Waals surface area (Å²) in [5.41, 5.74) is 1.89. The van der Waals surface area contributed by atoms with Crippen molar-refractivity contribution in [1.82, 2.24) is 14.9 Å². The maximum absolute atomic E-state index is 12.6. The van der Waals surface area contributed by atoms with E-state index >= 15 is 0 Å². The van der Waals surface area contributed by atoms with E-state index < -0.39 is 0 Å². The average Bonchev–Trinajstić information content (AvgIpc) is 2.55. The summed E-state index contributed by atoms with van der Waals surface area (Å²) < 4.78 is 0. The third kappa shape index (κ3) is 3.67. The van der Waals surface area contributed by atoms with Crippen LogP contribution >= 0.6 is 0 Å². The van der Waals surface area contributed by atoms with Gasteiger partial charge in [0.2, 0.25) is 0 Å². The quantitative estimate of drug-likeness (QED) is 0.945. The molecule has 0 saturated carbocycles. The predicted molar refractivity (Wildman–Crippen MR) is 88.4 cm³/mol. The van der Waals surface area contributed by atoms with Crippen molar-refractivity contribution < 1.29 is 4.79 Å². The number of aromatic nitrogens is 2. The van der Waals surface area contributed by atoms with Crippen molar-refractivity contribution in [2.75, 3.05) is 13.1 Å². The van der Waals surface area contributed by atoms with E-state index in [-0.39, 0.29) is 17.0 Å². The first-order chi connectivity index (χ1) is 11.1. The summed E-state index contributed by atoms with van der Waals surface area (Å²) in [7, 11) is 0. The SMILES string of the molecule is Cc1ccc(C(=O)N2CCC[C@@H](Cc3cccnc3)C2)c(=O)[nH]1. The number of nitrogens with one attached hydrogen (secondary N) is 1.